The van der Waals surface area contributed by atoms with Gasteiger partial charge in [-0.25, -0.2) is 0 Å². The zero-order valence-electron chi connectivity index (χ0n) is 8.82. The molecule has 0 amide bonds. The lowest BCUT2D eigenvalue weighted by molar-refractivity contribution is 0.0998. The molecule has 1 aromatic rings. The highest BCUT2D eigenvalue weighted by Crippen LogP contribution is 2.12. The SMILES string of the molecule is COC(C)Cn1cc(C(C)C)cn1. The number of hydrogen-bond acceptors (Lipinski definition) is 2. The number of nitrogens with zero attached hydrogens (tertiary/aromatic N) is 2. The minimum absolute atomic E-state index is 0.222. The lowest BCUT2D eigenvalue weighted by atomic mass is 10.1. The molecule has 0 N–H and O–H groups in total. The molecule has 1 unspecified atom stereocenters. The van der Waals surface area contributed by atoms with E-state index in [-0.39, 0.29) is 6.10 Å². The van der Waals surface area contributed by atoms with Gasteiger partial charge in [0.1, 0.15) is 0 Å². The van der Waals surface area contributed by atoms with E-state index in [9.17, 15) is 0 Å². The third kappa shape index (κ3) is 2.84. The number of rotatable bonds is 4. The normalized spacial score (nSPS) is 13.6. The number of hydrogen-bond donors (Lipinski definition) is 0. The second-order valence-corrected chi connectivity index (χ2v) is 3.70. The topological polar surface area (TPSA) is 27.1 Å². The molecule has 0 saturated carbocycles. The van der Waals surface area contributed by atoms with Crippen LogP contribution < -0.4 is 0 Å². The molecule has 1 aromatic heterocycles. The highest BCUT2D eigenvalue weighted by atomic mass is 16.5. The second kappa shape index (κ2) is 4.42. The van der Waals surface area contributed by atoms with Crippen LogP contribution in [0.3, 0.4) is 0 Å². The fourth-order valence-corrected chi connectivity index (χ4v) is 1.12. The molecule has 0 fully saturated rings. The third-order valence-electron chi connectivity index (χ3n) is 2.17. The van der Waals surface area contributed by atoms with Gasteiger partial charge >= 0.3 is 0 Å². The summed E-state index contributed by atoms with van der Waals surface area (Å²) in [4.78, 5) is 0. The summed E-state index contributed by atoms with van der Waals surface area (Å²) in [5.41, 5.74) is 1.28. The molecule has 0 radical (unpaired) electrons. The van der Waals surface area contributed by atoms with Gasteiger partial charge in [0, 0.05) is 13.3 Å². The Hall–Kier alpha value is -0.830. The standard InChI is InChI=1S/C10H18N2O/c1-8(2)10-5-11-12(7-10)6-9(3)13-4/h5,7-9H,6H2,1-4H3. The Labute approximate surface area is 79.7 Å². The van der Waals surface area contributed by atoms with Crippen molar-refractivity contribution in [2.24, 2.45) is 0 Å². The summed E-state index contributed by atoms with van der Waals surface area (Å²) in [6.45, 7) is 7.20. The van der Waals surface area contributed by atoms with E-state index in [1.54, 1.807) is 7.11 Å². The van der Waals surface area contributed by atoms with Crippen LogP contribution in [0.25, 0.3) is 0 Å². The maximum absolute atomic E-state index is 5.16. The first-order valence-electron chi connectivity index (χ1n) is 4.68. The monoisotopic (exact) mass is 182 g/mol. The third-order valence-corrected chi connectivity index (χ3v) is 2.17. The van der Waals surface area contributed by atoms with Gasteiger partial charge < -0.3 is 4.74 Å². The average molecular weight is 182 g/mol. The highest BCUT2D eigenvalue weighted by molar-refractivity contribution is 5.08. The highest BCUT2D eigenvalue weighted by Gasteiger charge is 2.05. The Morgan fingerprint density at radius 2 is 2.15 bits per heavy atom. The molecule has 1 heterocycles. The van der Waals surface area contributed by atoms with E-state index in [0.717, 1.165) is 6.54 Å². The second-order valence-electron chi connectivity index (χ2n) is 3.70. The molecule has 0 aliphatic rings. The Kier molecular flexibility index (Phi) is 3.48. The summed E-state index contributed by atoms with van der Waals surface area (Å²) in [7, 11) is 1.72. The van der Waals surface area contributed by atoms with Crippen molar-refractivity contribution >= 4 is 0 Å². The summed E-state index contributed by atoms with van der Waals surface area (Å²) in [6, 6.07) is 0. The van der Waals surface area contributed by atoms with Gasteiger partial charge in [-0.05, 0) is 18.4 Å². The summed E-state index contributed by atoms with van der Waals surface area (Å²) in [5, 5.41) is 4.26. The first kappa shape index (κ1) is 10.3. The number of methoxy groups -OCH3 is 1. The Morgan fingerprint density at radius 3 is 2.62 bits per heavy atom. The van der Waals surface area contributed by atoms with Crippen LogP contribution in [0.2, 0.25) is 0 Å². The first-order valence-corrected chi connectivity index (χ1v) is 4.68. The molecule has 0 bridgehead atoms. The Balaban J connectivity index is 2.58. The molecule has 0 aliphatic heterocycles. The summed E-state index contributed by atoms with van der Waals surface area (Å²) in [5.74, 6) is 0.548. The maximum Gasteiger partial charge on any atom is 0.0739 e. The van der Waals surface area contributed by atoms with Crippen LogP contribution in [-0.2, 0) is 11.3 Å². The first-order chi connectivity index (χ1) is 6.13. The van der Waals surface area contributed by atoms with Gasteiger partial charge in [0.25, 0.3) is 0 Å². The minimum atomic E-state index is 0.222. The predicted octanol–water partition coefficient (Wildman–Crippen LogP) is 2.04. The molecule has 1 atom stereocenters. The molecule has 0 saturated heterocycles. The maximum atomic E-state index is 5.16. The summed E-state index contributed by atoms with van der Waals surface area (Å²) in [6.07, 6.45) is 4.23. The zero-order chi connectivity index (χ0) is 9.84. The smallest absolute Gasteiger partial charge is 0.0739 e. The summed E-state index contributed by atoms with van der Waals surface area (Å²) < 4.78 is 7.10. The van der Waals surface area contributed by atoms with E-state index < -0.39 is 0 Å². The van der Waals surface area contributed by atoms with Crippen molar-refractivity contribution in [3.05, 3.63) is 18.0 Å². The Bertz CT molecular complexity index is 255. The van der Waals surface area contributed by atoms with Gasteiger partial charge in [-0.15, -0.1) is 0 Å². The minimum Gasteiger partial charge on any atom is -0.380 e. The molecule has 0 aromatic carbocycles. The molecule has 0 spiro atoms. The number of ether oxygens (including phenoxy) is 1. The van der Waals surface area contributed by atoms with Crippen molar-refractivity contribution < 1.29 is 4.74 Å². The lowest BCUT2D eigenvalue weighted by Crippen LogP contribution is -2.14. The van der Waals surface area contributed by atoms with Crippen LogP contribution in [0.5, 0.6) is 0 Å². The molecular formula is C10H18N2O. The Morgan fingerprint density at radius 1 is 1.46 bits per heavy atom. The van der Waals surface area contributed by atoms with Crippen molar-refractivity contribution in [2.75, 3.05) is 7.11 Å². The summed E-state index contributed by atoms with van der Waals surface area (Å²) >= 11 is 0. The lowest BCUT2D eigenvalue weighted by Gasteiger charge is -2.08. The molecule has 0 aliphatic carbocycles. The van der Waals surface area contributed by atoms with Crippen molar-refractivity contribution in [2.45, 2.75) is 39.3 Å². The molecular weight excluding hydrogens is 164 g/mol. The van der Waals surface area contributed by atoms with E-state index in [1.807, 2.05) is 17.8 Å². The van der Waals surface area contributed by atoms with Crippen LogP contribution >= 0.6 is 0 Å². The largest absolute Gasteiger partial charge is 0.380 e. The van der Waals surface area contributed by atoms with E-state index in [4.69, 9.17) is 4.74 Å². The van der Waals surface area contributed by atoms with Crippen LogP contribution in [0.4, 0.5) is 0 Å². The van der Waals surface area contributed by atoms with Gasteiger partial charge in [0.05, 0.1) is 18.8 Å². The van der Waals surface area contributed by atoms with Crippen molar-refractivity contribution in [3.63, 3.8) is 0 Å². The number of aromatic nitrogens is 2. The van der Waals surface area contributed by atoms with Crippen molar-refractivity contribution in [1.29, 1.82) is 0 Å². The average Bonchev–Trinajstić information content (AvgIpc) is 2.52. The van der Waals surface area contributed by atoms with E-state index in [2.05, 4.69) is 25.1 Å². The van der Waals surface area contributed by atoms with Crippen molar-refractivity contribution in [3.8, 4) is 0 Å². The molecule has 74 valence electrons. The molecule has 3 nitrogen and oxygen atoms in total. The predicted molar refractivity (Wildman–Crippen MR) is 52.8 cm³/mol. The molecule has 13 heavy (non-hydrogen) atoms. The van der Waals surface area contributed by atoms with Crippen molar-refractivity contribution in [1.82, 2.24) is 9.78 Å². The van der Waals surface area contributed by atoms with E-state index >= 15 is 0 Å². The molecule has 1 rings (SSSR count). The van der Waals surface area contributed by atoms with Gasteiger partial charge in [0.2, 0.25) is 0 Å². The fourth-order valence-electron chi connectivity index (χ4n) is 1.12. The van der Waals surface area contributed by atoms with Crippen LogP contribution in [0.15, 0.2) is 12.4 Å². The van der Waals surface area contributed by atoms with Gasteiger partial charge in [-0.2, -0.15) is 5.10 Å². The fraction of sp³-hybridized carbons (Fsp3) is 0.700. The van der Waals surface area contributed by atoms with Crippen LogP contribution in [0.1, 0.15) is 32.3 Å². The van der Waals surface area contributed by atoms with E-state index in [1.165, 1.54) is 5.56 Å². The van der Waals surface area contributed by atoms with Crippen LogP contribution in [-0.4, -0.2) is 23.0 Å². The van der Waals surface area contributed by atoms with Gasteiger partial charge in [-0.3, -0.25) is 4.68 Å². The van der Waals surface area contributed by atoms with E-state index in [0.29, 0.717) is 5.92 Å². The molecule has 3 heteroatoms. The van der Waals surface area contributed by atoms with Gasteiger partial charge in [-0.1, -0.05) is 13.8 Å². The van der Waals surface area contributed by atoms with Gasteiger partial charge in [0.15, 0.2) is 0 Å². The quantitative estimate of drug-likeness (QED) is 0.712. The van der Waals surface area contributed by atoms with Crippen LogP contribution in [0, 0.1) is 0 Å². The zero-order valence-corrected chi connectivity index (χ0v) is 8.82.